The number of methoxy groups -OCH3 is 1. The van der Waals surface area contributed by atoms with Gasteiger partial charge in [0.1, 0.15) is 5.76 Å². The van der Waals surface area contributed by atoms with Gasteiger partial charge >= 0.3 is 0 Å². The molecule has 0 atom stereocenters. The third-order valence-corrected chi connectivity index (χ3v) is 4.48. The summed E-state index contributed by atoms with van der Waals surface area (Å²) in [6.07, 6.45) is 1.56. The molecule has 0 saturated carbocycles. The summed E-state index contributed by atoms with van der Waals surface area (Å²) in [6.45, 7) is 1.88. The second kappa shape index (κ2) is 7.85. The van der Waals surface area contributed by atoms with E-state index in [1.165, 1.54) is 11.8 Å². The predicted octanol–water partition coefficient (Wildman–Crippen LogP) is 3.93. The molecule has 0 aliphatic rings. The molecule has 0 saturated heterocycles. The van der Waals surface area contributed by atoms with Crippen molar-refractivity contribution in [3.8, 4) is 5.88 Å². The van der Waals surface area contributed by atoms with Crippen LogP contribution in [0.3, 0.4) is 0 Å². The van der Waals surface area contributed by atoms with Gasteiger partial charge in [-0.25, -0.2) is 4.98 Å². The standard InChI is InChI=1S/C18H17N3O3S/c1-12-9-14(24-21-12)11-25-16-6-4-3-5-15(16)18(22)20-13-7-8-17(23-2)19-10-13/h3-10H,11H2,1-2H3,(H,20,22). The van der Waals surface area contributed by atoms with E-state index in [0.717, 1.165) is 16.3 Å². The van der Waals surface area contributed by atoms with Crippen LogP contribution in [0.5, 0.6) is 5.88 Å². The third kappa shape index (κ3) is 4.39. The molecule has 3 rings (SSSR count). The van der Waals surface area contributed by atoms with Crippen LogP contribution in [0.1, 0.15) is 21.8 Å². The summed E-state index contributed by atoms with van der Waals surface area (Å²) < 4.78 is 10.2. The molecule has 1 amide bonds. The van der Waals surface area contributed by atoms with Gasteiger partial charge in [0.25, 0.3) is 5.91 Å². The lowest BCUT2D eigenvalue weighted by Gasteiger charge is -2.09. The summed E-state index contributed by atoms with van der Waals surface area (Å²) in [6, 6.07) is 12.8. The molecule has 7 heteroatoms. The van der Waals surface area contributed by atoms with Crippen molar-refractivity contribution < 1.29 is 14.1 Å². The number of thioether (sulfide) groups is 1. The molecule has 1 aromatic carbocycles. The largest absolute Gasteiger partial charge is 0.481 e. The molecule has 0 unspecified atom stereocenters. The van der Waals surface area contributed by atoms with Gasteiger partial charge in [0.05, 0.1) is 36.0 Å². The fourth-order valence-corrected chi connectivity index (χ4v) is 3.11. The summed E-state index contributed by atoms with van der Waals surface area (Å²) in [5, 5.41) is 6.72. The number of rotatable bonds is 6. The van der Waals surface area contributed by atoms with E-state index in [0.29, 0.717) is 22.9 Å². The average Bonchev–Trinajstić information content (AvgIpc) is 3.06. The van der Waals surface area contributed by atoms with Crippen molar-refractivity contribution in [2.75, 3.05) is 12.4 Å². The first-order valence-corrected chi connectivity index (χ1v) is 8.59. The van der Waals surface area contributed by atoms with Crippen LogP contribution in [-0.2, 0) is 5.75 Å². The highest BCUT2D eigenvalue weighted by Crippen LogP contribution is 2.27. The molecule has 2 aromatic heterocycles. The maximum absolute atomic E-state index is 12.6. The van der Waals surface area contributed by atoms with Gasteiger partial charge < -0.3 is 14.6 Å². The number of amides is 1. The van der Waals surface area contributed by atoms with Gasteiger partial charge in [-0.2, -0.15) is 0 Å². The molecule has 0 radical (unpaired) electrons. The summed E-state index contributed by atoms with van der Waals surface area (Å²) in [7, 11) is 1.55. The molecule has 2 heterocycles. The van der Waals surface area contributed by atoms with E-state index in [-0.39, 0.29) is 5.91 Å². The van der Waals surface area contributed by atoms with E-state index < -0.39 is 0 Å². The van der Waals surface area contributed by atoms with Gasteiger partial charge in [0, 0.05) is 17.0 Å². The zero-order valence-corrected chi connectivity index (χ0v) is 14.7. The highest BCUT2D eigenvalue weighted by Gasteiger charge is 2.13. The van der Waals surface area contributed by atoms with Crippen molar-refractivity contribution >= 4 is 23.4 Å². The summed E-state index contributed by atoms with van der Waals surface area (Å²) in [5.74, 6) is 1.69. The van der Waals surface area contributed by atoms with Crippen LogP contribution < -0.4 is 10.1 Å². The zero-order valence-electron chi connectivity index (χ0n) is 13.9. The maximum atomic E-state index is 12.6. The Morgan fingerprint density at radius 3 is 2.80 bits per heavy atom. The molecule has 0 aliphatic heterocycles. The van der Waals surface area contributed by atoms with Crippen LogP contribution in [0.2, 0.25) is 0 Å². The van der Waals surface area contributed by atoms with Crippen molar-refractivity contribution in [3.05, 3.63) is 65.7 Å². The van der Waals surface area contributed by atoms with E-state index in [2.05, 4.69) is 15.5 Å². The van der Waals surface area contributed by atoms with Gasteiger partial charge in [-0.05, 0) is 25.1 Å². The Bertz CT molecular complexity index is 862. The SMILES string of the molecule is COc1ccc(NC(=O)c2ccccc2SCc2cc(C)no2)cn1. The number of hydrogen-bond acceptors (Lipinski definition) is 6. The van der Waals surface area contributed by atoms with Gasteiger partial charge in [-0.15, -0.1) is 11.8 Å². The molecule has 3 aromatic rings. The number of nitrogens with zero attached hydrogens (tertiary/aromatic N) is 2. The number of carbonyl (C=O) groups is 1. The van der Waals surface area contributed by atoms with Gasteiger partial charge in [0.15, 0.2) is 0 Å². The number of anilines is 1. The Morgan fingerprint density at radius 1 is 1.28 bits per heavy atom. The van der Waals surface area contributed by atoms with E-state index in [4.69, 9.17) is 9.26 Å². The van der Waals surface area contributed by atoms with Gasteiger partial charge in [-0.1, -0.05) is 17.3 Å². The normalized spacial score (nSPS) is 10.5. The second-order valence-electron chi connectivity index (χ2n) is 5.26. The zero-order chi connectivity index (χ0) is 17.6. The minimum atomic E-state index is -0.191. The number of aryl methyl sites for hydroxylation is 1. The van der Waals surface area contributed by atoms with Crippen LogP contribution in [0.15, 0.2) is 58.1 Å². The minimum absolute atomic E-state index is 0.191. The Kier molecular flexibility index (Phi) is 5.35. The fraction of sp³-hybridized carbons (Fsp3) is 0.167. The molecule has 0 bridgehead atoms. The molecule has 0 spiro atoms. The van der Waals surface area contributed by atoms with E-state index in [1.807, 2.05) is 31.2 Å². The van der Waals surface area contributed by atoms with E-state index in [1.54, 1.807) is 31.5 Å². The maximum Gasteiger partial charge on any atom is 0.256 e. The molecule has 128 valence electrons. The summed E-state index contributed by atoms with van der Waals surface area (Å²) in [4.78, 5) is 17.5. The molecule has 0 aliphatic carbocycles. The molecule has 6 nitrogen and oxygen atoms in total. The molecule has 1 N–H and O–H groups in total. The Hall–Kier alpha value is -2.80. The van der Waals surface area contributed by atoms with Crippen LogP contribution in [0.4, 0.5) is 5.69 Å². The monoisotopic (exact) mass is 355 g/mol. The molecule has 25 heavy (non-hydrogen) atoms. The molecular weight excluding hydrogens is 338 g/mol. The van der Waals surface area contributed by atoms with Crippen molar-refractivity contribution in [2.45, 2.75) is 17.6 Å². The summed E-state index contributed by atoms with van der Waals surface area (Å²) in [5.41, 5.74) is 2.05. The van der Waals surface area contributed by atoms with Crippen molar-refractivity contribution in [1.82, 2.24) is 10.1 Å². The lowest BCUT2D eigenvalue weighted by atomic mass is 10.2. The van der Waals surface area contributed by atoms with Crippen molar-refractivity contribution in [3.63, 3.8) is 0 Å². The van der Waals surface area contributed by atoms with E-state index >= 15 is 0 Å². The van der Waals surface area contributed by atoms with Crippen molar-refractivity contribution in [1.29, 1.82) is 0 Å². The number of carbonyl (C=O) groups excluding carboxylic acids is 1. The molecular formula is C18H17N3O3S. The fourth-order valence-electron chi connectivity index (χ4n) is 2.19. The Balaban J connectivity index is 1.71. The number of ether oxygens (including phenoxy) is 1. The first-order valence-electron chi connectivity index (χ1n) is 7.61. The van der Waals surface area contributed by atoms with Crippen LogP contribution in [0.25, 0.3) is 0 Å². The van der Waals surface area contributed by atoms with Crippen LogP contribution in [-0.4, -0.2) is 23.2 Å². The smallest absolute Gasteiger partial charge is 0.256 e. The number of nitrogens with one attached hydrogen (secondary N) is 1. The first-order chi connectivity index (χ1) is 12.2. The molecule has 0 fully saturated rings. The van der Waals surface area contributed by atoms with Crippen LogP contribution >= 0.6 is 11.8 Å². The lowest BCUT2D eigenvalue weighted by Crippen LogP contribution is -2.13. The average molecular weight is 355 g/mol. The van der Waals surface area contributed by atoms with Gasteiger partial charge in [-0.3, -0.25) is 4.79 Å². The first kappa shape index (κ1) is 17.0. The summed E-state index contributed by atoms with van der Waals surface area (Å²) >= 11 is 1.53. The predicted molar refractivity (Wildman–Crippen MR) is 96.0 cm³/mol. The third-order valence-electron chi connectivity index (χ3n) is 3.38. The van der Waals surface area contributed by atoms with E-state index in [9.17, 15) is 4.79 Å². The Morgan fingerprint density at radius 2 is 2.12 bits per heavy atom. The van der Waals surface area contributed by atoms with Gasteiger partial charge in [0.2, 0.25) is 5.88 Å². The quantitative estimate of drug-likeness (QED) is 0.675. The van der Waals surface area contributed by atoms with Crippen molar-refractivity contribution in [2.24, 2.45) is 0 Å². The Labute approximate surface area is 149 Å². The number of aromatic nitrogens is 2. The highest BCUT2D eigenvalue weighted by atomic mass is 32.2. The minimum Gasteiger partial charge on any atom is -0.481 e. The number of hydrogen-bond donors (Lipinski definition) is 1. The topological polar surface area (TPSA) is 77.2 Å². The number of benzene rings is 1. The highest BCUT2D eigenvalue weighted by molar-refractivity contribution is 7.98. The lowest BCUT2D eigenvalue weighted by molar-refractivity contribution is 0.102. The van der Waals surface area contributed by atoms with Crippen LogP contribution in [0, 0.1) is 6.92 Å². The number of pyridine rings is 1. The second-order valence-corrected chi connectivity index (χ2v) is 6.28.